The zero-order valence-electron chi connectivity index (χ0n) is 20.4. The van der Waals surface area contributed by atoms with Gasteiger partial charge in [-0.3, -0.25) is 14.5 Å². The Morgan fingerprint density at radius 1 is 0.909 bits per heavy atom. The van der Waals surface area contributed by atoms with E-state index in [1.165, 1.54) is 0 Å². The standard InChI is InChI=1S/C25H39N5O3/c1-4-20-9-7-8-10-22(20)26-23(31)19-27-15-17-29(18-16-27)24(32)21-11-13-30(14-12-21)25(33)28(5-2)6-3/h7-10,21H,4-6,11-19H2,1-3H3,(H,26,31). The van der Waals surface area contributed by atoms with Crippen LogP contribution in [-0.2, 0) is 16.0 Å². The number of nitrogens with zero attached hydrogens (tertiary/aromatic N) is 4. The van der Waals surface area contributed by atoms with Gasteiger partial charge in [0, 0.05) is 64.0 Å². The number of aryl methyl sites for hydroxylation is 1. The van der Waals surface area contributed by atoms with E-state index in [9.17, 15) is 14.4 Å². The number of likely N-dealkylation sites (tertiary alicyclic amines) is 1. The fourth-order valence-corrected chi connectivity index (χ4v) is 4.74. The van der Waals surface area contributed by atoms with Gasteiger partial charge in [0.1, 0.15) is 0 Å². The average molecular weight is 458 g/mol. The summed E-state index contributed by atoms with van der Waals surface area (Å²) in [6.45, 7) is 11.8. The van der Waals surface area contributed by atoms with Crippen molar-refractivity contribution in [3.63, 3.8) is 0 Å². The van der Waals surface area contributed by atoms with Crippen molar-refractivity contribution in [2.24, 2.45) is 5.92 Å². The van der Waals surface area contributed by atoms with Crippen LogP contribution < -0.4 is 5.32 Å². The molecule has 2 fully saturated rings. The molecule has 3 rings (SSSR count). The molecule has 0 aliphatic carbocycles. The minimum Gasteiger partial charge on any atom is -0.340 e. The van der Waals surface area contributed by atoms with Crippen LogP contribution in [0.2, 0.25) is 0 Å². The maximum atomic E-state index is 13.0. The molecule has 0 unspecified atom stereocenters. The Kier molecular flexibility index (Phi) is 9.11. The van der Waals surface area contributed by atoms with Crippen LogP contribution in [0.5, 0.6) is 0 Å². The highest BCUT2D eigenvalue weighted by molar-refractivity contribution is 5.93. The number of para-hydroxylation sites is 1. The van der Waals surface area contributed by atoms with Gasteiger partial charge in [-0.05, 0) is 44.7 Å². The number of carbonyl (C=O) groups excluding carboxylic acids is 3. The molecule has 0 saturated carbocycles. The lowest BCUT2D eigenvalue weighted by molar-refractivity contribution is -0.138. The summed E-state index contributed by atoms with van der Waals surface area (Å²) in [6.07, 6.45) is 2.33. The Balaban J connectivity index is 1.41. The Hall–Kier alpha value is -2.61. The lowest BCUT2D eigenvalue weighted by atomic mass is 9.95. The van der Waals surface area contributed by atoms with E-state index in [0.29, 0.717) is 58.9 Å². The summed E-state index contributed by atoms with van der Waals surface area (Å²) in [5.74, 6) is 0.179. The summed E-state index contributed by atoms with van der Waals surface area (Å²) in [4.78, 5) is 45.8. The SMILES string of the molecule is CCc1ccccc1NC(=O)CN1CCN(C(=O)C2CCN(C(=O)N(CC)CC)CC2)CC1. The molecule has 0 atom stereocenters. The number of benzene rings is 1. The number of hydrogen-bond acceptors (Lipinski definition) is 4. The predicted molar refractivity (Wildman–Crippen MR) is 130 cm³/mol. The van der Waals surface area contributed by atoms with Crippen molar-refractivity contribution < 1.29 is 14.4 Å². The van der Waals surface area contributed by atoms with Gasteiger partial charge in [-0.15, -0.1) is 0 Å². The summed E-state index contributed by atoms with van der Waals surface area (Å²) >= 11 is 0. The monoisotopic (exact) mass is 457 g/mol. The molecule has 0 radical (unpaired) electrons. The maximum absolute atomic E-state index is 13.0. The van der Waals surface area contributed by atoms with Crippen molar-refractivity contribution in [3.05, 3.63) is 29.8 Å². The van der Waals surface area contributed by atoms with E-state index in [1.54, 1.807) is 0 Å². The van der Waals surface area contributed by atoms with Crippen LogP contribution in [0, 0.1) is 5.92 Å². The normalized spacial score (nSPS) is 17.7. The first kappa shape index (κ1) is 25.0. The third-order valence-electron chi connectivity index (χ3n) is 6.87. The fraction of sp³-hybridized carbons (Fsp3) is 0.640. The molecule has 8 heteroatoms. The topological polar surface area (TPSA) is 76.2 Å². The van der Waals surface area contributed by atoms with E-state index in [-0.39, 0.29) is 23.8 Å². The molecule has 1 aromatic carbocycles. The van der Waals surface area contributed by atoms with Gasteiger partial charge in [0.2, 0.25) is 11.8 Å². The Bertz CT molecular complexity index is 810. The smallest absolute Gasteiger partial charge is 0.319 e. The number of hydrogen-bond donors (Lipinski definition) is 1. The van der Waals surface area contributed by atoms with Gasteiger partial charge in [0.05, 0.1) is 6.54 Å². The molecular weight excluding hydrogens is 418 g/mol. The first-order chi connectivity index (χ1) is 16.0. The first-order valence-corrected chi connectivity index (χ1v) is 12.4. The summed E-state index contributed by atoms with van der Waals surface area (Å²) < 4.78 is 0. The lowest BCUT2D eigenvalue weighted by Gasteiger charge is -2.39. The predicted octanol–water partition coefficient (Wildman–Crippen LogP) is 2.51. The Labute approximate surface area is 197 Å². The summed E-state index contributed by atoms with van der Waals surface area (Å²) in [6, 6.07) is 7.97. The fourth-order valence-electron chi connectivity index (χ4n) is 4.74. The maximum Gasteiger partial charge on any atom is 0.319 e. The van der Waals surface area contributed by atoms with Crippen molar-refractivity contribution in [3.8, 4) is 0 Å². The minimum absolute atomic E-state index is 0.00820. The number of piperazine rings is 1. The molecule has 33 heavy (non-hydrogen) atoms. The number of rotatable bonds is 7. The summed E-state index contributed by atoms with van der Waals surface area (Å²) in [5.41, 5.74) is 2.01. The molecule has 4 amide bonds. The van der Waals surface area contributed by atoms with Crippen LogP contribution in [0.25, 0.3) is 0 Å². The molecule has 2 saturated heterocycles. The van der Waals surface area contributed by atoms with Gasteiger partial charge in [-0.1, -0.05) is 25.1 Å². The van der Waals surface area contributed by atoms with Gasteiger partial charge in [-0.25, -0.2) is 4.79 Å². The summed E-state index contributed by atoms with van der Waals surface area (Å²) in [7, 11) is 0. The lowest BCUT2D eigenvalue weighted by Crippen LogP contribution is -2.53. The van der Waals surface area contributed by atoms with Crippen molar-refractivity contribution in [2.45, 2.75) is 40.0 Å². The number of piperidine rings is 1. The minimum atomic E-state index is -0.0130. The molecule has 0 spiro atoms. The van der Waals surface area contributed by atoms with Crippen LogP contribution in [0.15, 0.2) is 24.3 Å². The number of anilines is 1. The number of carbonyl (C=O) groups is 3. The molecule has 1 N–H and O–H groups in total. The number of amides is 4. The molecule has 8 nitrogen and oxygen atoms in total. The Morgan fingerprint density at radius 3 is 2.15 bits per heavy atom. The van der Waals surface area contributed by atoms with Crippen molar-refractivity contribution in [2.75, 3.05) is 64.2 Å². The van der Waals surface area contributed by atoms with E-state index in [2.05, 4.69) is 17.1 Å². The van der Waals surface area contributed by atoms with Crippen LogP contribution >= 0.6 is 0 Å². The van der Waals surface area contributed by atoms with Gasteiger partial charge in [0.25, 0.3) is 0 Å². The third kappa shape index (κ3) is 6.47. The average Bonchev–Trinajstić information content (AvgIpc) is 2.85. The molecule has 0 aromatic heterocycles. The second-order valence-electron chi connectivity index (χ2n) is 8.88. The highest BCUT2D eigenvalue weighted by Crippen LogP contribution is 2.22. The van der Waals surface area contributed by atoms with Crippen molar-refractivity contribution in [1.82, 2.24) is 19.6 Å². The van der Waals surface area contributed by atoms with Gasteiger partial charge in [-0.2, -0.15) is 0 Å². The van der Waals surface area contributed by atoms with Crippen molar-refractivity contribution >= 4 is 23.5 Å². The molecule has 2 aliphatic heterocycles. The molecule has 2 aliphatic rings. The third-order valence-corrected chi connectivity index (χ3v) is 6.87. The van der Waals surface area contributed by atoms with E-state index < -0.39 is 0 Å². The second-order valence-corrected chi connectivity index (χ2v) is 8.88. The van der Waals surface area contributed by atoms with Gasteiger partial charge < -0.3 is 20.0 Å². The van der Waals surface area contributed by atoms with Gasteiger partial charge in [0.15, 0.2) is 0 Å². The zero-order chi connectivity index (χ0) is 23.8. The Morgan fingerprint density at radius 2 is 1.55 bits per heavy atom. The van der Waals surface area contributed by atoms with E-state index in [0.717, 1.165) is 30.5 Å². The van der Waals surface area contributed by atoms with E-state index in [4.69, 9.17) is 0 Å². The van der Waals surface area contributed by atoms with Gasteiger partial charge >= 0.3 is 6.03 Å². The molecule has 1 aromatic rings. The van der Waals surface area contributed by atoms with E-state index >= 15 is 0 Å². The van der Waals surface area contributed by atoms with Crippen LogP contribution in [-0.4, -0.2) is 96.3 Å². The highest BCUT2D eigenvalue weighted by Gasteiger charge is 2.32. The summed E-state index contributed by atoms with van der Waals surface area (Å²) in [5, 5.41) is 3.03. The van der Waals surface area contributed by atoms with Crippen LogP contribution in [0.1, 0.15) is 39.2 Å². The van der Waals surface area contributed by atoms with Crippen LogP contribution in [0.3, 0.4) is 0 Å². The molecular formula is C25H39N5O3. The number of urea groups is 1. The van der Waals surface area contributed by atoms with Crippen molar-refractivity contribution in [1.29, 1.82) is 0 Å². The quantitative estimate of drug-likeness (QED) is 0.683. The van der Waals surface area contributed by atoms with Crippen LogP contribution in [0.4, 0.5) is 10.5 Å². The highest BCUT2D eigenvalue weighted by atomic mass is 16.2. The largest absolute Gasteiger partial charge is 0.340 e. The first-order valence-electron chi connectivity index (χ1n) is 12.4. The molecule has 2 heterocycles. The molecule has 0 bridgehead atoms. The number of nitrogens with one attached hydrogen (secondary N) is 1. The zero-order valence-corrected chi connectivity index (χ0v) is 20.4. The van der Waals surface area contributed by atoms with E-state index in [1.807, 2.05) is 52.8 Å². The molecule has 182 valence electrons. The second kappa shape index (κ2) is 12.0.